The summed E-state index contributed by atoms with van der Waals surface area (Å²) in [7, 11) is 0. The molecule has 1 amide bonds. The van der Waals surface area contributed by atoms with Crippen LogP contribution in [0, 0.1) is 0 Å². The Morgan fingerprint density at radius 1 is 0.923 bits per heavy atom. The van der Waals surface area contributed by atoms with Crippen LogP contribution in [0.25, 0.3) is 0 Å². The van der Waals surface area contributed by atoms with Crippen LogP contribution in [0.2, 0.25) is 0 Å². The van der Waals surface area contributed by atoms with Crippen LogP contribution >= 0.6 is 0 Å². The third-order valence-corrected chi connectivity index (χ3v) is 5.69. The number of ether oxygens (including phenoxy) is 1. The number of carbonyl (C=O) groups is 1. The van der Waals surface area contributed by atoms with E-state index in [-0.39, 0.29) is 18.6 Å². The molecule has 2 aromatic rings. The fourth-order valence-corrected chi connectivity index (χ4v) is 4.18. The first-order chi connectivity index (χ1) is 12.7. The molecule has 0 aromatic heterocycles. The van der Waals surface area contributed by atoms with Crippen LogP contribution in [-0.2, 0) is 30.5 Å². The number of fused-ring (bicyclic) bond motifs is 2. The summed E-state index contributed by atoms with van der Waals surface area (Å²) in [5.74, 6) is 0.724. The molecule has 136 valence electrons. The third-order valence-electron chi connectivity index (χ3n) is 5.69. The summed E-state index contributed by atoms with van der Waals surface area (Å²) in [6, 6.07) is 12.8. The molecule has 0 spiro atoms. The van der Waals surface area contributed by atoms with Gasteiger partial charge >= 0.3 is 0 Å². The van der Waals surface area contributed by atoms with Gasteiger partial charge in [0, 0.05) is 0 Å². The van der Waals surface area contributed by atoms with Crippen molar-refractivity contribution in [3.8, 4) is 5.75 Å². The van der Waals surface area contributed by atoms with Gasteiger partial charge in [-0.25, -0.2) is 0 Å². The van der Waals surface area contributed by atoms with Gasteiger partial charge in [-0.05, 0) is 91.8 Å². The van der Waals surface area contributed by atoms with Gasteiger partial charge in [-0.1, -0.05) is 24.3 Å². The van der Waals surface area contributed by atoms with Crippen LogP contribution in [0.4, 0.5) is 0 Å². The maximum Gasteiger partial charge on any atom is 0.258 e. The number of nitrogens with one attached hydrogen (secondary N) is 1. The minimum atomic E-state index is -0.0734. The fourth-order valence-electron chi connectivity index (χ4n) is 4.18. The zero-order valence-electron chi connectivity index (χ0n) is 15.5. The van der Waals surface area contributed by atoms with E-state index in [2.05, 4.69) is 35.6 Å². The lowest BCUT2D eigenvalue weighted by Crippen LogP contribution is -2.31. The Labute approximate surface area is 155 Å². The quantitative estimate of drug-likeness (QED) is 0.873. The van der Waals surface area contributed by atoms with Gasteiger partial charge in [-0.2, -0.15) is 0 Å². The highest BCUT2D eigenvalue weighted by Crippen LogP contribution is 2.26. The van der Waals surface area contributed by atoms with E-state index in [1.807, 2.05) is 13.0 Å². The Bertz CT molecular complexity index is 812. The van der Waals surface area contributed by atoms with Crippen molar-refractivity contribution >= 4 is 5.91 Å². The molecule has 0 fully saturated rings. The van der Waals surface area contributed by atoms with E-state index in [0.29, 0.717) is 0 Å². The van der Waals surface area contributed by atoms with Crippen molar-refractivity contribution < 1.29 is 9.53 Å². The van der Waals surface area contributed by atoms with E-state index in [1.54, 1.807) is 0 Å². The summed E-state index contributed by atoms with van der Waals surface area (Å²) < 4.78 is 5.73. The Balaban J connectivity index is 1.32. The second-order valence-electron chi connectivity index (χ2n) is 7.60. The number of amides is 1. The van der Waals surface area contributed by atoms with E-state index in [9.17, 15) is 4.79 Å². The maximum atomic E-state index is 12.3. The highest BCUT2D eigenvalue weighted by atomic mass is 16.5. The molecule has 1 N–H and O–H groups in total. The van der Waals surface area contributed by atoms with Crippen LogP contribution in [0.3, 0.4) is 0 Å². The molecule has 2 aliphatic carbocycles. The highest BCUT2D eigenvalue weighted by Gasteiger charge is 2.15. The van der Waals surface area contributed by atoms with E-state index >= 15 is 0 Å². The lowest BCUT2D eigenvalue weighted by Gasteiger charge is -2.18. The molecule has 4 rings (SSSR count). The minimum absolute atomic E-state index is 0.000493. The number of hydrogen-bond donors (Lipinski definition) is 1. The number of rotatable bonds is 5. The molecule has 0 radical (unpaired) electrons. The predicted octanol–water partition coefficient (Wildman–Crippen LogP) is 4.31. The monoisotopic (exact) mass is 349 g/mol. The minimum Gasteiger partial charge on any atom is -0.484 e. The van der Waals surface area contributed by atoms with E-state index in [1.165, 1.54) is 53.5 Å². The van der Waals surface area contributed by atoms with E-state index in [0.717, 1.165) is 25.0 Å². The first-order valence-corrected chi connectivity index (χ1v) is 9.85. The van der Waals surface area contributed by atoms with Crippen LogP contribution in [0.15, 0.2) is 36.4 Å². The molecule has 0 heterocycles. The van der Waals surface area contributed by atoms with Gasteiger partial charge in [-0.3, -0.25) is 4.79 Å². The number of benzene rings is 2. The number of carbonyl (C=O) groups excluding carboxylic acids is 1. The topological polar surface area (TPSA) is 38.3 Å². The lowest BCUT2D eigenvalue weighted by molar-refractivity contribution is -0.123. The second kappa shape index (κ2) is 7.53. The summed E-state index contributed by atoms with van der Waals surface area (Å²) in [6.45, 7) is 2.10. The van der Waals surface area contributed by atoms with Crippen molar-refractivity contribution in [1.29, 1.82) is 0 Å². The summed E-state index contributed by atoms with van der Waals surface area (Å²) in [4.78, 5) is 12.3. The Morgan fingerprint density at radius 3 is 2.42 bits per heavy atom. The van der Waals surface area contributed by atoms with E-state index < -0.39 is 0 Å². The van der Waals surface area contributed by atoms with E-state index in [4.69, 9.17) is 4.74 Å². The maximum absolute atomic E-state index is 12.3. The van der Waals surface area contributed by atoms with Gasteiger partial charge in [0.15, 0.2) is 6.61 Å². The average Bonchev–Trinajstić information content (AvgIpc) is 3.14. The molecule has 0 saturated carbocycles. The van der Waals surface area contributed by atoms with Crippen LogP contribution in [-0.4, -0.2) is 12.5 Å². The molecule has 0 aliphatic heterocycles. The molecule has 26 heavy (non-hydrogen) atoms. The van der Waals surface area contributed by atoms with Crippen LogP contribution in [0.1, 0.15) is 60.0 Å². The van der Waals surface area contributed by atoms with Gasteiger partial charge in [0.2, 0.25) is 0 Å². The largest absolute Gasteiger partial charge is 0.484 e. The summed E-state index contributed by atoms with van der Waals surface area (Å²) >= 11 is 0. The van der Waals surface area contributed by atoms with Gasteiger partial charge in [0.1, 0.15) is 5.75 Å². The predicted molar refractivity (Wildman–Crippen MR) is 104 cm³/mol. The molecule has 2 aliphatic rings. The molecule has 3 nitrogen and oxygen atoms in total. The Hall–Kier alpha value is -2.29. The molecular formula is C23H27NO2. The average molecular weight is 349 g/mol. The van der Waals surface area contributed by atoms with Crippen LogP contribution < -0.4 is 10.1 Å². The van der Waals surface area contributed by atoms with Crippen molar-refractivity contribution in [3.63, 3.8) is 0 Å². The molecular weight excluding hydrogens is 322 g/mol. The molecule has 3 heteroatoms. The first-order valence-electron chi connectivity index (χ1n) is 9.85. The fraction of sp³-hybridized carbons (Fsp3) is 0.435. The summed E-state index contributed by atoms with van der Waals surface area (Å²) in [5.41, 5.74) is 6.88. The SMILES string of the molecule is CC(NC(=O)COc1ccc2c(c1)CCCC2)c1ccc2c(c1)CCC2. The van der Waals surface area contributed by atoms with Crippen molar-refractivity contribution in [3.05, 3.63) is 64.2 Å². The highest BCUT2D eigenvalue weighted by molar-refractivity contribution is 5.78. The smallest absolute Gasteiger partial charge is 0.258 e. The van der Waals surface area contributed by atoms with Gasteiger partial charge < -0.3 is 10.1 Å². The second-order valence-corrected chi connectivity index (χ2v) is 7.60. The molecule has 2 aromatic carbocycles. The third kappa shape index (κ3) is 3.77. The standard InChI is InChI=1S/C23H27NO2/c1-16(19-10-9-18-7-4-8-20(18)13-19)24-23(25)15-26-22-12-11-17-5-2-3-6-21(17)14-22/h9-14,16H,2-8,15H2,1H3,(H,24,25). The molecule has 0 saturated heterocycles. The van der Waals surface area contributed by atoms with Crippen molar-refractivity contribution in [2.75, 3.05) is 6.61 Å². The lowest BCUT2D eigenvalue weighted by atomic mass is 9.92. The molecule has 1 unspecified atom stereocenters. The Morgan fingerprint density at radius 2 is 1.58 bits per heavy atom. The summed E-state index contributed by atoms with van der Waals surface area (Å²) in [5, 5.41) is 3.06. The zero-order chi connectivity index (χ0) is 17.9. The zero-order valence-corrected chi connectivity index (χ0v) is 15.5. The number of aryl methyl sites for hydroxylation is 4. The van der Waals surface area contributed by atoms with Gasteiger partial charge in [0.05, 0.1) is 6.04 Å². The van der Waals surface area contributed by atoms with Gasteiger partial charge in [-0.15, -0.1) is 0 Å². The molecule has 1 atom stereocenters. The summed E-state index contributed by atoms with van der Waals surface area (Å²) in [6.07, 6.45) is 8.39. The van der Waals surface area contributed by atoms with Crippen molar-refractivity contribution in [2.24, 2.45) is 0 Å². The van der Waals surface area contributed by atoms with Crippen LogP contribution in [0.5, 0.6) is 5.75 Å². The Kier molecular flexibility index (Phi) is 4.96. The van der Waals surface area contributed by atoms with Crippen molar-refractivity contribution in [2.45, 2.75) is 57.9 Å². The molecule has 0 bridgehead atoms. The normalized spacial score (nSPS) is 16.5. The van der Waals surface area contributed by atoms with Gasteiger partial charge in [0.25, 0.3) is 5.91 Å². The number of hydrogen-bond acceptors (Lipinski definition) is 2. The van der Waals surface area contributed by atoms with Crippen molar-refractivity contribution in [1.82, 2.24) is 5.32 Å². The first kappa shape index (κ1) is 17.1.